The van der Waals surface area contributed by atoms with Gasteiger partial charge in [-0.25, -0.2) is 9.59 Å². The minimum atomic E-state index is -1.75. The molecule has 0 amide bonds. The molecule has 0 saturated heterocycles. The smallest absolute Gasteiger partial charge is 0.340 e. The van der Waals surface area contributed by atoms with Gasteiger partial charge in [0.15, 0.2) is 5.60 Å². The molecule has 7 heteroatoms. The molecule has 1 aliphatic carbocycles. The number of halogens is 1. The highest BCUT2D eigenvalue weighted by atomic mass is 35.5. The Morgan fingerprint density at radius 3 is 2.61 bits per heavy atom. The molecule has 0 fully saturated rings. The summed E-state index contributed by atoms with van der Waals surface area (Å²) >= 11 is 5.88. The lowest BCUT2D eigenvalue weighted by Crippen LogP contribution is -2.46. The number of hydrogen-bond acceptors (Lipinski definition) is 4. The van der Waals surface area contributed by atoms with Crippen LogP contribution >= 0.6 is 11.6 Å². The summed E-state index contributed by atoms with van der Waals surface area (Å²) in [6.07, 6.45) is 0.964. The molecule has 4 N–H and O–H groups in total. The predicted octanol–water partition coefficient (Wildman–Crippen LogP) is 0.713. The zero-order chi connectivity index (χ0) is 13.9. The predicted molar refractivity (Wildman–Crippen MR) is 64.3 cm³/mol. The number of carboxylic acids is 2. The van der Waals surface area contributed by atoms with Crippen LogP contribution in [0.4, 0.5) is 0 Å². The lowest BCUT2D eigenvalue weighted by atomic mass is 9.83. The first-order valence-corrected chi connectivity index (χ1v) is 5.61. The van der Waals surface area contributed by atoms with Gasteiger partial charge in [0.25, 0.3) is 0 Å². The number of aliphatic carboxylic acids is 2. The maximum absolute atomic E-state index is 11.4. The number of carbonyl (C=O) groups is 2. The summed E-state index contributed by atoms with van der Waals surface area (Å²) in [7, 11) is 0. The Balaban J connectivity index is 3.24. The first-order chi connectivity index (χ1) is 8.35. The molecule has 1 rings (SSSR count). The maximum atomic E-state index is 11.4. The van der Waals surface area contributed by atoms with Gasteiger partial charge in [0.05, 0.1) is 6.61 Å². The van der Waals surface area contributed by atoms with Crippen LogP contribution in [0.1, 0.15) is 13.3 Å². The molecule has 1 unspecified atom stereocenters. The third-order valence-corrected chi connectivity index (χ3v) is 3.18. The van der Waals surface area contributed by atoms with Gasteiger partial charge < -0.3 is 20.7 Å². The van der Waals surface area contributed by atoms with Crippen LogP contribution in [0.15, 0.2) is 22.3 Å². The van der Waals surface area contributed by atoms with Gasteiger partial charge in [-0.05, 0) is 18.6 Å². The number of carboxylic acid groups (broad SMARTS) is 2. The van der Waals surface area contributed by atoms with Crippen molar-refractivity contribution in [3.05, 3.63) is 22.3 Å². The summed E-state index contributed by atoms with van der Waals surface area (Å²) in [5, 5.41) is 18.4. The van der Waals surface area contributed by atoms with E-state index in [-0.39, 0.29) is 35.8 Å². The van der Waals surface area contributed by atoms with Crippen molar-refractivity contribution >= 4 is 23.5 Å². The lowest BCUT2D eigenvalue weighted by Gasteiger charge is -2.33. The Bertz CT molecular complexity index is 443. The summed E-state index contributed by atoms with van der Waals surface area (Å²) in [4.78, 5) is 22.4. The van der Waals surface area contributed by atoms with E-state index in [9.17, 15) is 14.7 Å². The second-order valence-corrected chi connectivity index (χ2v) is 4.30. The number of hydrogen-bond donors (Lipinski definition) is 3. The van der Waals surface area contributed by atoms with Crippen LogP contribution < -0.4 is 5.73 Å². The molecule has 0 aromatic carbocycles. The fourth-order valence-electron chi connectivity index (χ4n) is 1.73. The van der Waals surface area contributed by atoms with E-state index in [2.05, 4.69) is 0 Å². The number of nitrogens with two attached hydrogens (primary N) is 1. The van der Waals surface area contributed by atoms with Gasteiger partial charge in [-0.2, -0.15) is 0 Å². The van der Waals surface area contributed by atoms with E-state index < -0.39 is 17.5 Å². The van der Waals surface area contributed by atoms with Gasteiger partial charge in [0.2, 0.25) is 0 Å². The Labute approximate surface area is 109 Å². The fourth-order valence-corrected chi connectivity index (χ4v) is 2.02. The summed E-state index contributed by atoms with van der Waals surface area (Å²) in [6.45, 7) is 1.63. The molecule has 0 aromatic heterocycles. The topological polar surface area (TPSA) is 110 Å². The average Bonchev–Trinajstić information content (AvgIpc) is 2.30. The summed E-state index contributed by atoms with van der Waals surface area (Å²) in [5.41, 5.74) is 3.70. The SMILES string of the molecule is CC1=C(Cl)C=C(C(=O)O)CC1(OCCN)C(=O)O. The molecule has 1 atom stereocenters. The standard InChI is InChI=1S/C11H14ClNO5/c1-6-8(12)4-7(9(14)15)5-11(6,10(16)17)18-3-2-13/h4H,2-3,5,13H2,1H3,(H,14,15)(H,16,17). The molecular weight excluding hydrogens is 262 g/mol. The van der Waals surface area contributed by atoms with Gasteiger partial charge >= 0.3 is 11.9 Å². The van der Waals surface area contributed by atoms with Crippen molar-refractivity contribution in [3.63, 3.8) is 0 Å². The first kappa shape index (κ1) is 14.7. The average molecular weight is 276 g/mol. The van der Waals surface area contributed by atoms with Gasteiger partial charge in [-0.1, -0.05) is 11.6 Å². The maximum Gasteiger partial charge on any atom is 0.340 e. The Hall–Kier alpha value is -1.37. The molecule has 0 bridgehead atoms. The van der Waals surface area contributed by atoms with Crippen LogP contribution in [0, 0.1) is 0 Å². The van der Waals surface area contributed by atoms with E-state index in [4.69, 9.17) is 27.2 Å². The van der Waals surface area contributed by atoms with Crippen molar-refractivity contribution in [2.75, 3.05) is 13.2 Å². The Morgan fingerprint density at radius 1 is 1.56 bits per heavy atom. The minimum absolute atomic E-state index is 0.000702. The normalized spacial score (nSPS) is 23.8. The van der Waals surface area contributed by atoms with E-state index in [1.54, 1.807) is 0 Å². The van der Waals surface area contributed by atoms with Gasteiger partial charge in [-0.3, -0.25) is 0 Å². The van der Waals surface area contributed by atoms with E-state index >= 15 is 0 Å². The third-order valence-electron chi connectivity index (χ3n) is 2.79. The highest BCUT2D eigenvalue weighted by Crippen LogP contribution is 2.38. The van der Waals surface area contributed by atoms with Gasteiger partial charge in [0, 0.05) is 23.6 Å². The van der Waals surface area contributed by atoms with Crippen molar-refractivity contribution < 1.29 is 24.5 Å². The highest BCUT2D eigenvalue weighted by molar-refractivity contribution is 6.32. The molecule has 0 spiro atoms. The molecule has 18 heavy (non-hydrogen) atoms. The number of ether oxygens (including phenoxy) is 1. The van der Waals surface area contributed by atoms with E-state index in [1.165, 1.54) is 13.0 Å². The summed E-state index contributed by atoms with van der Waals surface area (Å²) in [5.74, 6) is -2.50. The van der Waals surface area contributed by atoms with Gasteiger partial charge in [-0.15, -0.1) is 0 Å². The van der Waals surface area contributed by atoms with E-state index in [0.717, 1.165) is 0 Å². The van der Waals surface area contributed by atoms with E-state index in [0.29, 0.717) is 0 Å². The van der Waals surface area contributed by atoms with Crippen LogP contribution in [0.3, 0.4) is 0 Å². The molecule has 0 heterocycles. The van der Waals surface area contributed by atoms with Crippen molar-refractivity contribution in [2.45, 2.75) is 18.9 Å². The molecule has 100 valence electrons. The lowest BCUT2D eigenvalue weighted by molar-refractivity contribution is -0.160. The highest BCUT2D eigenvalue weighted by Gasteiger charge is 2.46. The minimum Gasteiger partial charge on any atom is -0.479 e. The zero-order valence-electron chi connectivity index (χ0n) is 9.77. The van der Waals surface area contributed by atoms with Crippen LogP contribution in [0.5, 0.6) is 0 Å². The Morgan fingerprint density at radius 2 is 2.17 bits per heavy atom. The first-order valence-electron chi connectivity index (χ1n) is 5.23. The molecule has 1 aliphatic rings. The van der Waals surface area contributed by atoms with E-state index in [1.807, 2.05) is 0 Å². The third kappa shape index (κ3) is 2.55. The zero-order valence-corrected chi connectivity index (χ0v) is 10.5. The summed E-state index contributed by atoms with van der Waals surface area (Å²) < 4.78 is 5.27. The van der Waals surface area contributed by atoms with Crippen molar-refractivity contribution in [1.29, 1.82) is 0 Å². The van der Waals surface area contributed by atoms with Crippen LogP contribution in [0.25, 0.3) is 0 Å². The monoisotopic (exact) mass is 275 g/mol. The van der Waals surface area contributed by atoms with Crippen molar-refractivity contribution in [2.24, 2.45) is 5.73 Å². The number of allylic oxidation sites excluding steroid dienone is 2. The molecule has 0 radical (unpaired) electrons. The molecular formula is C11H14ClNO5. The summed E-state index contributed by atoms with van der Waals surface area (Å²) in [6, 6.07) is 0. The van der Waals surface area contributed by atoms with Crippen LogP contribution in [-0.4, -0.2) is 40.9 Å². The molecule has 6 nitrogen and oxygen atoms in total. The van der Waals surface area contributed by atoms with Crippen LogP contribution in [0.2, 0.25) is 0 Å². The quantitative estimate of drug-likeness (QED) is 0.682. The van der Waals surface area contributed by atoms with Gasteiger partial charge in [0.1, 0.15) is 0 Å². The largest absolute Gasteiger partial charge is 0.479 e. The van der Waals surface area contributed by atoms with Crippen molar-refractivity contribution in [3.8, 4) is 0 Å². The molecule has 0 aromatic rings. The molecule has 0 saturated carbocycles. The van der Waals surface area contributed by atoms with Crippen molar-refractivity contribution in [1.82, 2.24) is 0 Å². The van der Waals surface area contributed by atoms with Crippen LogP contribution in [-0.2, 0) is 14.3 Å². The second kappa shape index (κ2) is 5.51. The fraction of sp³-hybridized carbons (Fsp3) is 0.455. The molecule has 0 aliphatic heterocycles. The second-order valence-electron chi connectivity index (χ2n) is 3.89. The Kier molecular flexibility index (Phi) is 4.50. The number of rotatable bonds is 5.